The maximum Gasteiger partial charge on any atom is 0.252 e. The maximum atomic E-state index is 12.8. The lowest BCUT2D eigenvalue weighted by molar-refractivity contribution is 0.0937. The molecule has 1 unspecified atom stereocenters. The molecule has 1 atom stereocenters. The lowest BCUT2D eigenvalue weighted by Crippen LogP contribution is -2.27. The molecule has 3 aromatic rings. The van der Waals surface area contributed by atoms with E-state index < -0.39 is 0 Å². The van der Waals surface area contributed by atoms with Crippen molar-refractivity contribution in [3.8, 4) is 6.07 Å². The number of hydrogen-bond acceptors (Lipinski definition) is 5. The lowest BCUT2D eigenvalue weighted by atomic mass is 10.1. The Morgan fingerprint density at radius 3 is 2.67 bits per heavy atom. The summed E-state index contributed by atoms with van der Waals surface area (Å²) in [6.45, 7) is 3.93. The van der Waals surface area contributed by atoms with E-state index in [0.717, 1.165) is 26.9 Å². The molecule has 0 bridgehead atoms. The number of nitriles is 1. The largest absolute Gasteiger partial charge is 0.345 e. The first kappa shape index (κ1) is 19.2. The third-order valence-electron chi connectivity index (χ3n) is 4.06. The van der Waals surface area contributed by atoms with Crippen LogP contribution in [0.1, 0.15) is 45.2 Å². The van der Waals surface area contributed by atoms with E-state index in [-0.39, 0.29) is 11.9 Å². The smallest absolute Gasteiger partial charge is 0.252 e. The minimum Gasteiger partial charge on any atom is -0.345 e. The van der Waals surface area contributed by atoms with Gasteiger partial charge in [0.1, 0.15) is 0 Å². The summed E-state index contributed by atoms with van der Waals surface area (Å²) in [5.74, 6) is 0.629. The molecule has 0 radical (unpaired) electrons. The Hall–Kier alpha value is -2.62. The van der Waals surface area contributed by atoms with Crippen LogP contribution in [-0.4, -0.2) is 10.9 Å². The minimum atomic E-state index is -0.149. The predicted octanol–water partition coefficient (Wildman–Crippen LogP) is 5.11. The van der Waals surface area contributed by atoms with Gasteiger partial charge in [-0.15, -0.1) is 23.1 Å². The fourth-order valence-corrected chi connectivity index (χ4v) is 4.27. The summed E-state index contributed by atoms with van der Waals surface area (Å²) < 4.78 is 0. The predicted molar refractivity (Wildman–Crippen MR) is 110 cm³/mol. The summed E-state index contributed by atoms with van der Waals surface area (Å²) in [7, 11) is 0. The van der Waals surface area contributed by atoms with Gasteiger partial charge in [0.05, 0.1) is 33.9 Å². The number of rotatable bonds is 6. The molecule has 0 aliphatic rings. The van der Waals surface area contributed by atoms with E-state index in [1.165, 1.54) is 0 Å². The molecule has 27 heavy (non-hydrogen) atoms. The van der Waals surface area contributed by atoms with Crippen molar-refractivity contribution >= 4 is 29.0 Å². The number of carbonyl (C=O) groups is 1. The zero-order valence-electron chi connectivity index (χ0n) is 15.1. The average molecular weight is 394 g/mol. The number of nitrogens with one attached hydrogen (secondary N) is 1. The number of amides is 1. The van der Waals surface area contributed by atoms with Crippen LogP contribution in [0, 0.1) is 18.3 Å². The Kier molecular flexibility index (Phi) is 6.28. The van der Waals surface area contributed by atoms with Gasteiger partial charge in [0.2, 0.25) is 0 Å². The molecule has 0 aliphatic carbocycles. The zero-order valence-corrected chi connectivity index (χ0v) is 16.7. The lowest BCUT2D eigenvalue weighted by Gasteiger charge is -2.16. The molecule has 2 aromatic carbocycles. The second-order valence-corrected chi connectivity index (χ2v) is 8.15. The van der Waals surface area contributed by atoms with Gasteiger partial charge in [-0.3, -0.25) is 4.79 Å². The third kappa shape index (κ3) is 4.97. The van der Waals surface area contributed by atoms with Gasteiger partial charge in [-0.2, -0.15) is 5.26 Å². The van der Waals surface area contributed by atoms with Gasteiger partial charge in [-0.25, -0.2) is 4.98 Å². The van der Waals surface area contributed by atoms with Gasteiger partial charge in [0, 0.05) is 16.0 Å². The SMILES string of the molecule is Cc1nc(CSc2ccccc2C(=O)NC(C)c2ccc(C#N)cc2)cs1. The third-order valence-corrected chi connectivity index (χ3v) is 5.99. The topological polar surface area (TPSA) is 65.8 Å². The van der Waals surface area contributed by atoms with Crippen LogP contribution in [0.5, 0.6) is 0 Å². The van der Waals surface area contributed by atoms with Gasteiger partial charge < -0.3 is 5.32 Å². The quantitative estimate of drug-likeness (QED) is 0.591. The second kappa shape index (κ2) is 8.85. The summed E-state index contributed by atoms with van der Waals surface area (Å²) in [5.41, 5.74) is 3.26. The van der Waals surface area contributed by atoms with Crippen LogP contribution in [0.3, 0.4) is 0 Å². The highest BCUT2D eigenvalue weighted by Gasteiger charge is 2.15. The van der Waals surface area contributed by atoms with Crippen molar-refractivity contribution in [1.29, 1.82) is 5.26 Å². The van der Waals surface area contributed by atoms with E-state index in [4.69, 9.17) is 5.26 Å². The van der Waals surface area contributed by atoms with Crippen LogP contribution < -0.4 is 5.32 Å². The first-order valence-corrected chi connectivity index (χ1v) is 10.4. The molecule has 0 saturated heterocycles. The van der Waals surface area contributed by atoms with Crippen molar-refractivity contribution in [2.75, 3.05) is 0 Å². The number of nitrogens with zero attached hydrogens (tertiary/aromatic N) is 2. The van der Waals surface area contributed by atoms with Crippen LogP contribution >= 0.6 is 23.1 Å². The van der Waals surface area contributed by atoms with Crippen LogP contribution in [0.15, 0.2) is 58.8 Å². The number of thioether (sulfide) groups is 1. The summed E-state index contributed by atoms with van der Waals surface area (Å²) in [6.07, 6.45) is 0. The van der Waals surface area contributed by atoms with E-state index in [1.807, 2.05) is 50.2 Å². The average Bonchev–Trinajstić information content (AvgIpc) is 3.11. The molecule has 0 spiro atoms. The number of hydrogen-bond donors (Lipinski definition) is 1. The number of aryl methyl sites for hydroxylation is 1. The summed E-state index contributed by atoms with van der Waals surface area (Å²) in [5, 5.41) is 15.0. The maximum absolute atomic E-state index is 12.8. The molecular weight excluding hydrogens is 374 g/mol. The Balaban J connectivity index is 1.69. The van der Waals surface area contributed by atoms with E-state index in [9.17, 15) is 4.79 Å². The molecular formula is C21H19N3OS2. The second-order valence-electron chi connectivity index (χ2n) is 6.07. The highest BCUT2D eigenvalue weighted by Crippen LogP contribution is 2.27. The fourth-order valence-electron chi connectivity index (χ4n) is 2.61. The monoisotopic (exact) mass is 393 g/mol. The van der Waals surface area contributed by atoms with Crippen LogP contribution in [0.4, 0.5) is 0 Å². The molecule has 1 amide bonds. The molecule has 3 rings (SSSR count). The summed E-state index contributed by atoms with van der Waals surface area (Å²) >= 11 is 3.25. The Labute approximate surface area is 167 Å². The van der Waals surface area contributed by atoms with Crippen molar-refractivity contribution in [1.82, 2.24) is 10.3 Å². The molecule has 0 aliphatic heterocycles. The van der Waals surface area contributed by atoms with Gasteiger partial charge in [0.15, 0.2) is 0 Å². The van der Waals surface area contributed by atoms with E-state index in [0.29, 0.717) is 11.1 Å². The zero-order chi connectivity index (χ0) is 19.2. The van der Waals surface area contributed by atoms with E-state index in [1.54, 1.807) is 35.2 Å². The van der Waals surface area contributed by atoms with Gasteiger partial charge in [-0.1, -0.05) is 24.3 Å². The number of aromatic nitrogens is 1. The van der Waals surface area contributed by atoms with Gasteiger partial charge in [-0.05, 0) is 43.7 Å². The highest BCUT2D eigenvalue weighted by molar-refractivity contribution is 7.98. The first-order valence-electron chi connectivity index (χ1n) is 8.50. The summed E-state index contributed by atoms with van der Waals surface area (Å²) in [4.78, 5) is 18.2. The fraction of sp³-hybridized carbons (Fsp3) is 0.190. The van der Waals surface area contributed by atoms with Crippen molar-refractivity contribution in [2.24, 2.45) is 0 Å². The van der Waals surface area contributed by atoms with Crippen LogP contribution in [-0.2, 0) is 5.75 Å². The molecule has 136 valence electrons. The number of carbonyl (C=O) groups excluding carboxylic acids is 1. The minimum absolute atomic E-state index is 0.107. The molecule has 6 heteroatoms. The standard InChI is InChI=1S/C21H19N3OS2/c1-14(17-9-7-16(11-22)8-10-17)23-21(25)19-5-3-4-6-20(19)27-13-18-12-26-15(2)24-18/h3-10,12,14H,13H2,1-2H3,(H,23,25). The van der Waals surface area contributed by atoms with Crippen LogP contribution in [0.2, 0.25) is 0 Å². The molecule has 4 nitrogen and oxygen atoms in total. The number of benzene rings is 2. The molecule has 1 N–H and O–H groups in total. The van der Waals surface area contributed by atoms with E-state index >= 15 is 0 Å². The van der Waals surface area contributed by atoms with Crippen molar-refractivity contribution in [3.05, 3.63) is 81.3 Å². The Morgan fingerprint density at radius 1 is 1.26 bits per heavy atom. The highest BCUT2D eigenvalue weighted by atomic mass is 32.2. The molecule has 1 heterocycles. The van der Waals surface area contributed by atoms with Crippen molar-refractivity contribution < 1.29 is 4.79 Å². The molecule has 1 aromatic heterocycles. The molecule has 0 fully saturated rings. The first-order chi connectivity index (χ1) is 13.1. The van der Waals surface area contributed by atoms with Crippen molar-refractivity contribution in [3.63, 3.8) is 0 Å². The Morgan fingerprint density at radius 2 is 2.00 bits per heavy atom. The van der Waals surface area contributed by atoms with Crippen LogP contribution in [0.25, 0.3) is 0 Å². The summed E-state index contributed by atoms with van der Waals surface area (Å²) in [6, 6.07) is 16.8. The Bertz CT molecular complexity index is 974. The van der Waals surface area contributed by atoms with E-state index in [2.05, 4.69) is 21.8 Å². The number of thiazole rings is 1. The van der Waals surface area contributed by atoms with Crippen molar-refractivity contribution in [2.45, 2.75) is 30.5 Å². The van der Waals surface area contributed by atoms with Gasteiger partial charge >= 0.3 is 0 Å². The van der Waals surface area contributed by atoms with Gasteiger partial charge in [0.25, 0.3) is 5.91 Å². The normalized spacial score (nSPS) is 11.6. The molecule has 0 saturated carbocycles.